The van der Waals surface area contributed by atoms with E-state index in [1.807, 2.05) is 24.8 Å². The quantitative estimate of drug-likeness (QED) is 0.679. The Labute approximate surface area is 172 Å². The van der Waals surface area contributed by atoms with Gasteiger partial charge in [0.25, 0.3) is 11.8 Å². The first-order valence-electron chi connectivity index (χ1n) is 10.0. The lowest BCUT2D eigenvalue weighted by Crippen LogP contribution is -2.41. The summed E-state index contributed by atoms with van der Waals surface area (Å²) in [5.41, 5.74) is 1.67. The number of hydrogen-bond acceptors (Lipinski definition) is 3. The van der Waals surface area contributed by atoms with Crippen LogP contribution in [0.15, 0.2) is 54.6 Å². The van der Waals surface area contributed by atoms with Gasteiger partial charge in [-0.05, 0) is 56.2 Å². The van der Waals surface area contributed by atoms with Crippen molar-refractivity contribution in [2.24, 2.45) is 0 Å². The van der Waals surface area contributed by atoms with Gasteiger partial charge in [0.05, 0.1) is 0 Å². The van der Waals surface area contributed by atoms with Gasteiger partial charge < -0.3 is 15.5 Å². The topological polar surface area (TPSA) is 78.5 Å². The zero-order valence-electron chi connectivity index (χ0n) is 17.3. The predicted molar refractivity (Wildman–Crippen MR) is 115 cm³/mol. The predicted octanol–water partition coefficient (Wildman–Crippen LogP) is 3.71. The fourth-order valence-corrected chi connectivity index (χ4v) is 2.92. The van der Waals surface area contributed by atoms with E-state index in [0.717, 1.165) is 25.9 Å². The van der Waals surface area contributed by atoms with E-state index in [4.69, 9.17) is 0 Å². The largest absolute Gasteiger partial charge is 0.341 e. The Morgan fingerprint density at radius 3 is 2.00 bits per heavy atom. The first-order valence-corrected chi connectivity index (χ1v) is 10.0. The summed E-state index contributed by atoms with van der Waals surface area (Å²) in [6, 6.07) is 14.9. The van der Waals surface area contributed by atoms with Crippen LogP contribution in [0.25, 0.3) is 0 Å². The molecule has 3 amide bonds. The van der Waals surface area contributed by atoms with E-state index < -0.39 is 6.04 Å². The van der Waals surface area contributed by atoms with E-state index in [-0.39, 0.29) is 17.7 Å². The van der Waals surface area contributed by atoms with E-state index in [2.05, 4.69) is 10.6 Å². The number of carbonyl (C=O) groups is 3. The Morgan fingerprint density at radius 1 is 0.862 bits per heavy atom. The maximum atomic E-state index is 12.6. The molecular formula is C23H29N3O3. The number of nitrogens with one attached hydrogen (secondary N) is 2. The Balaban J connectivity index is 1.95. The molecule has 2 rings (SSSR count). The van der Waals surface area contributed by atoms with E-state index >= 15 is 0 Å². The Bertz CT molecular complexity index is 813. The van der Waals surface area contributed by atoms with Crippen LogP contribution in [-0.4, -0.2) is 41.8 Å². The number of amides is 3. The summed E-state index contributed by atoms with van der Waals surface area (Å²) in [6.45, 7) is 7.17. The summed E-state index contributed by atoms with van der Waals surface area (Å²) in [4.78, 5) is 39.0. The van der Waals surface area contributed by atoms with E-state index in [0.29, 0.717) is 16.8 Å². The number of rotatable bonds is 9. The van der Waals surface area contributed by atoms with Gasteiger partial charge in [-0.3, -0.25) is 14.4 Å². The fourth-order valence-electron chi connectivity index (χ4n) is 2.92. The smallest absolute Gasteiger partial charge is 0.253 e. The fraction of sp³-hybridized carbons (Fsp3) is 0.348. The average Bonchev–Trinajstić information content (AvgIpc) is 2.74. The molecule has 2 N–H and O–H groups in total. The lowest BCUT2D eigenvalue weighted by molar-refractivity contribution is -0.117. The molecule has 0 bridgehead atoms. The maximum Gasteiger partial charge on any atom is 0.253 e. The van der Waals surface area contributed by atoms with Crippen LogP contribution in [0.3, 0.4) is 0 Å². The molecule has 29 heavy (non-hydrogen) atoms. The summed E-state index contributed by atoms with van der Waals surface area (Å²) in [6.07, 6.45) is 1.82. The van der Waals surface area contributed by atoms with Gasteiger partial charge in [-0.25, -0.2) is 0 Å². The summed E-state index contributed by atoms with van der Waals surface area (Å²) in [5.74, 6) is -0.636. The van der Waals surface area contributed by atoms with Crippen LogP contribution in [0, 0.1) is 0 Å². The van der Waals surface area contributed by atoms with Gasteiger partial charge in [0.15, 0.2) is 0 Å². The zero-order valence-corrected chi connectivity index (χ0v) is 17.3. The minimum atomic E-state index is -0.700. The number of anilines is 1. The molecule has 6 heteroatoms. The van der Waals surface area contributed by atoms with Gasteiger partial charge in [-0.2, -0.15) is 0 Å². The SMILES string of the molecule is CCCN(CCC)C(=O)c1ccc(NC(=O)C(C)NC(=O)c2ccccc2)cc1. The average molecular weight is 396 g/mol. The third kappa shape index (κ3) is 6.45. The van der Waals surface area contributed by atoms with E-state index in [9.17, 15) is 14.4 Å². The summed E-state index contributed by atoms with van der Waals surface area (Å²) >= 11 is 0. The molecule has 0 aliphatic carbocycles. The third-order valence-electron chi connectivity index (χ3n) is 4.45. The molecule has 0 saturated carbocycles. The molecule has 0 heterocycles. The molecule has 0 fully saturated rings. The highest BCUT2D eigenvalue weighted by atomic mass is 16.2. The van der Waals surface area contributed by atoms with Crippen molar-refractivity contribution < 1.29 is 14.4 Å². The van der Waals surface area contributed by atoms with Crippen LogP contribution in [0.5, 0.6) is 0 Å². The number of benzene rings is 2. The molecule has 0 aliphatic heterocycles. The van der Waals surface area contributed by atoms with Gasteiger partial charge in [0, 0.05) is 29.9 Å². The molecule has 0 aliphatic rings. The van der Waals surface area contributed by atoms with Crippen molar-refractivity contribution in [3.8, 4) is 0 Å². The maximum absolute atomic E-state index is 12.6. The van der Waals surface area contributed by atoms with E-state index in [1.54, 1.807) is 55.5 Å². The Hall–Kier alpha value is -3.15. The highest BCUT2D eigenvalue weighted by Crippen LogP contribution is 2.13. The van der Waals surface area contributed by atoms with Gasteiger partial charge in [-0.15, -0.1) is 0 Å². The zero-order chi connectivity index (χ0) is 21.2. The van der Waals surface area contributed by atoms with Crippen LogP contribution >= 0.6 is 0 Å². The van der Waals surface area contributed by atoms with Crippen molar-refractivity contribution in [2.75, 3.05) is 18.4 Å². The van der Waals surface area contributed by atoms with Crippen LogP contribution < -0.4 is 10.6 Å². The van der Waals surface area contributed by atoms with Crippen LogP contribution in [-0.2, 0) is 4.79 Å². The van der Waals surface area contributed by atoms with Crippen LogP contribution in [0.2, 0.25) is 0 Å². The van der Waals surface area contributed by atoms with E-state index in [1.165, 1.54) is 0 Å². The Morgan fingerprint density at radius 2 is 1.45 bits per heavy atom. The van der Waals surface area contributed by atoms with Crippen LogP contribution in [0.1, 0.15) is 54.3 Å². The molecule has 0 spiro atoms. The highest BCUT2D eigenvalue weighted by Gasteiger charge is 2.18. The van der Waals surface area contributed by atoms with Crippen molar-refractivity contribution in [1.29, 1.82) is 0 Å². The molecule has 0 saturated heterocycles. The van der Waals surface area contributed by atoms with Crippen molar-refractivity contribution >= 4 is 23.4 Å². The van der Waals surface area contributed by atoms with Gasteiger partial charge in [0.2, 0.25) is 5.91 Å². The second-order valence-corrected chi connectivity index (χ2v) is 6.92. The van der Waals surface area contributed by atoms with Crippen molar-refractivity contribution in [2.45, 2.75) is 39.7 Å². The number of nitrogens with zero attached hydrogens (tertiary/aromatic N) is 1. The molecule has 1 unspecified atom stereocenters. The highest BCUT2D eigenvalue weighted by molar-refractivity contribution is 6.01. The third-order valence-corrected chi connectivity index (χ3v) is 4.45. The van der Waals surface area contributed by atoms with Crippen molar-refractivity contribution in [3.05, 3.63) is 65.7 Å². The summed E-state index contributed by atoms with van der Waals surface area (Å²) in [5, 5.41) is 5.44. The van der Waals surface area contributed by atoms with Crippen molar-refractivity contribution in [1.82, 2.24) is 10.2 Å². The molecule has 2 aromatic rings. The molecule has 6 nitrogen and oxygen atoms in total. The van der Waals surface area contributed by atoms with Gasteiger partial charge >= 0.3 is 0 Å². The summed E-state index contributed by atoms with van der Waals surface area (Å²) in [7, 11) is 0. The normalized spacial score (nSPS) is 11.4. The lowest BCUT2D eigenvalue weighted by atomic mass is 10.1. The molecular weight excluding hydrogens is 366 g/mol. The monoisotopic (exact) mass is 395 g/mol. The number of carbonyl (C=O) groups excluding carboxylic acids is 3. The first kappa shape index (κ1) is 22.1. The second-order valence-electron chi connectivity index (χ2n) is 6.92. The standard InChI is InChI=1S/C23H29N3O3/c1-4-15-26(16-5-2)23(29)19-11-13-20(14-12-19)25-21(27)17(3)24-22(28)18-9-7-6-8-10-18/h6-14,17H,4-5,15-16H2,1-3H3,(H,24,28)(H,25,27). The van der Waals surface area contributed by atoms with Crippen molar-refractivity contribution in [3.63, 3.8) is 0 Å². The number of hydrogen-bond donors (Lipinski definition) is 2. The lowest BCUT2D eigenvalue weighted by Gasteiger charge is -2.21. The second kappa shape index (κ2) is 11.0. The molecule has 2 aromatic carbocycles. The van der Waals surface area contributed by atoms with Crippen LogP contribution in [0.4, 0.5) is 5.69 Å². The molecule has 0 radical (unpaired) electrons. The molecule has 154 valence electrons. The Kier molecular flexibility index (Phi) is 8.40. The summed E-state index contributed by atoms with van der Waals surface area (Å²) < 4.78 is 0. The molecule has 0 aromatic heterocycles. The molecule has 1 atom stereocenters. The van der Waals surface area contributed by atoms with Gasteiger partial charge in [0.1, 0.15) is 6.04 Å². The van der Waals surface area contributed by atoms with Gasteiger partial charge in [-0.1, -0.05) is 32.0 Å². The minimum absolute atomic E-state index is 0.00457. The first-order chi connectivity index (χ1) is 14.0. The minimum Gasteiger partial charge on any atom is -0.341 e.